The maximum Gasteiger partial charge on any atom is 0.271 e. The second kappa shape index (κ2) is 12.2. The first-order chi connectivity index (χ1) is 17.9. The molecule has 0 radical (unpaired) electrons. The van der Waals surface area contributed by atoms with Crippen molar-refractivity contribution in [2.24, 2.45) is 5.10 Å². The van der Waals surface area contributed by atoms with Crippen LogP contribution in [-0.4, -0.2) is 36.7 Å². The smallest absolute Gasteiger partial charge is 0.271 e. The van der Waals surface area contributed by atoms with Crippen LogP contribution in [0.3, 0.4) is 0 Å². The van der Waals surface area contributed by atoms with Gasteiger partial charge in [-0.2, -0.15) is 5.10 Å². The van der Waals surface area contributed by atoms with Gasteiger partial charge < -0.3 is 14.4 Å². The number of benzene rings is 3. The molecule has 37 heavy (non-hydrogen) atoms. The number of anilines is 1. The second-order valence-corrected chi connectivity index (χ2v) is 8.82. The highest BCUT2D eigenvalue weighted by molar-refractivity contribution is 6.32. The number of nitro groups is 1. The first kappa shape index (κ1) is 26.0. The lowest BCUT2D eigenvalue weighted by Gasteiger charge is -2.17. The number of carbonyl (C=O) groups is 1. The molecule has 3 aromatic rings. The van der Waals surface area contributed by atoms with Crippen LogP contribution in [0.15, 0.2) is 65.8 Å². The first-order valence-electron chi connectivity index (χ1n) is 12.0. The minimum Gasteiger partial charge on any atom is -0.490 e. The minimum absolute atomic E-state index is 0.00612. The molecule has 1 aliphatic heterocycles. The van der Waals surface area contributed by atoms with E-state index in [0.29, 0.717) is 34.3 Å². The average molecular weight is 523 g/mol. The summed E-state index contributed by atoms with van der Waals surface area (Å²) in [7, 11) is 0. The van der Waals surface area contributed by atoms with E-state index in [1.807, 2.05) is 19.1 Å². The zero-order valence-electron chi connectivity index (χ0n) is 20.4. The van der Waals surface area contributed by atoms with Crippen LogP contribution in [0.1, 0.15) is 41.3 Å². The van der Waals surface area contributed by atoms with E-state index in [2.05, 4.69) is 15.4 Å². The van der Waals surface area contributed by atoms with E-state index >= 15 is 0 Å². The van der Waals surface area contributed by atoms with Crippen LogP contribution in [0.2, 0.25) is 5.02 Å². The number of nitrogens with zero attached hydrogens (tertiary/aromatic N) is 3. The summed E-state index contributed by atoms with van der Waals surface area (Å²) in [6.07, 6.45) is 3.86. The summed E-state index contributed by atoms with van der Waals surface area (Å²) in [6, 6.07) is 16.9. The number of nitro benzene ring substituents is 1. The number of hydrazone groups is 1. The lowest BCUT2D eigenvalue weighted by atomic mass is 10.2. The number of hydrogen-bond donors (Lipinski definition) is 1. The summed E-state index contributed by atoms with van der Waals surface area (Å²) in [5, 5.41) is 15.2. The van der Waals surface area contributed by atoms with Gasteiger partial charge in [0.15, 0.2) is 11.5 Å². The zero-order chi connectivity index (χ0) is 26.2. The molecule has 192 valence electrons. The molecule has 1 N–H and O–H groups in total. The van der Waals surface area contributed by atoms with Gasteiger partial charge in [-0.1, -0.05) is 11.6 Å². The van der Waals surface area contributed by atoms with Gasteiger partial charge >= 0.3 is 0 Å². The van der Waals surface area contributed by atoms with Gasteiger partial charge in [0.05, 0.1) is 22.8 Å². The van der Waals surface area contributed by atoms with E-state index in [0.717, 1.165) is 24.3 Å². The molecule has 10 heteroatoms. The Labute approximate surface area is 219 Å². The summed E-state index contributed by atoms with van der Waals surface area (Å²) in [5.74, 6) is 0.451. The van der Waals surface area contributed by atoms with Crippen molar-refractivity contribution in [3.63, 3.8) is 0 Å². The van der Waals surface area contributed by atoms with Gasteiger partial charge in [0.1, 0.15) is 6.61 Å². The number of halogens is 1. The van der Waals surface area contributed by atoms with Gasteiger partial charge in [0.2, 0.25) is 0 Å². The van der Waals surface area contributed by atoms with Crippen LogP contribution < -0.4 is 19.8 Å². The molecule has 0 bridgehead atoms. The molecule has 3 aromatic carbocycles. The summed E-state index contributed by atoms with van der Waals surface area (Å²) in [4.78, 5) is 25.2. The lowest BCUT2D eigenvalue weighted by molar-refractivity contribution is -0.384. The third-order valence-electron chi connectivity index (χ3n) is 5.84. The maximum atomic E-state index is 12.5. The highest BCUT2D eigenvalue weighted by Gasteiger charge is 2.15. The average Bonchev–Trinajstić information content (AvgIpc) is 3.44. The number of ether oxygens (including phenoxy) is 2. The minimum atomic E-state index is -0.456. The fraction of sp³-hybridized carbons (Fsp3) is 0.259. The topological polar surface area (TPSA) is 106 Å². The number of hydrogen-bond acceptors (Lipinski definition) is 7. The van der Waals surface area contributed by atoms with E-state index in [-0.39, 0.29) is 18.2 Å². The Kier molecular flexibility index (Phi) is 8.58. The summed E-state index contributed by atoms with van der Waals surface area (Å²) in [5.41, 5.74) is 5.53. The Balaban J connectivity index is 1.39. The zero-order valence-corrected chi connectivity index (χ0v) is 21.1. The van der Waals surface area contributed by atoms with Gasteiger partial charge in [0, 0.05) is 36.5 Å². The van der Waals surface area contributed by atoms with Crippen LogP contribution in [0.4, 0.5) is 11.4 Å². The number of non-ortho nitro benzene ring substituents is 1. The molecule has 0 spiro atoms. The predicted molar refractivity (Wildman–Crippen MR) is 143 cm³/mol. The third-order valence-corrected chi connectivity index (χ3v) is 6.12. The second-order valence-electron chi connectivity index (χ2n) is 8.42. The number of amides is 1. The predicted octanol–water partition coefficient (Wildman–Crippen LogP) is 5.59. The van der Waals surface area contributed by atoms with Gasteiger partial charge in [-0.3, -0.25) is 14.9 Å². The van der Waals surface area contributed by atoms with Crippen molar-refractivity contribution in [2.45, 2.75) is 26.4 Å². The molecule has 0 aliphatic carbocycles. The van der Waals surface area contributed by atoms with Crippen LogP contribution >= 0.6 is 11.6 Å². The maximum absolute atomic E-state index is 12.5. The van der Waals surface area contributed by atoms with Crippen LogP contribution in [-0.2, 0) is 6.61 Å². The molecule has 4 rings (SSSR count). The SMILES string of the molecule is CCOc1cc(/C=N\NC(=O)c2ccc(N3CCCC3)cc2)cc(Cl)c1OCc1ccc([N+](=O)[O-])cc1. The lowest BCUT2D eigenvalue weighted by Crippen LogP contribution is -2.19. The van der Waals surface area contributed by atoms with Gasteiger partial charge in [0.25, 0.3) is 11.6 Å². The van der Waals surface area contributed by atoms with Crippen LogP contribution in [0, 0.1) is 10.1 Å². The van der Waals surface area contributed by atoms with E-state index in [1.54, 1.807) is 36.4 Å². The van der Waals surface area contributed by atoms with Crippen molar-refractivity contribution in [3.8, 4) is 11.5 Å². The molecule has 1 amide bonds. The molecule has 1 heterocycles. The van der Waals surface area contributed by atoms with E-state index in [1.165, 1.54) is 31.2 Å². The monoisotopic (exact) mass is 522 g/mol. The standard InChI is InChI=1S/C27H27ClN4O5/c1-2-36-25-16-20(15-24(28)26(25)37-18-19-5-9-23(10-6-19)32(34)35)17-29-30-27(33)21-7-11-22(12-8-21)31-13-3-4-14-31/h5-12,15-17H,2-4,13-14,18H2,1H3,(H,30,33)/b29-17-. The van der Waals surface area contributed by atoms with Crippen molar-refractivity contribution in [1.82, 2.24) is 5.43 Å². The van der Waals surface area contributed by atoms with Gasteiger partial charge in [-0.25, -0.2) is 5.43 Å². The van der Waals surface area contributed by atoms with Crippen LogP contribution in [0.25, 0.3) is 0 Å². The molecule has 1 saturated heterocycles. The normalized spacial score (nSPS) is 13.1. The molecule has 1 fully saturated rings. The largest absolute Gasteiger partial charge is 0.490 e. The fourth-order valence-corrected chi connectivity index (χ4v) is 4.24. The number of carbonyl (C=O) groups excluding carboxylic acids is 1. The Bertz CT molecular complexity index is 1270. The Morgan fingerprint density at radius 2 is 1.81 bits per heavy atom. The molecular formula is C27H27ClN4O5. The Hall–Kier alpha value is -4.11. The molecule has 9 nitrogen and oxygen atoms in total. The molecule has 0 saturated carbocycles. The molecule has 0 unspecified atom stereocenters. The molecular weight excluding hydrogens is 496 g/mol. The van der Waals surface area contributed by atoms with Crippen molar-refractivity contribution < 1.29 is 19.2 Å². The first-order valence-corrected chi connectivity index (χ1v) is 12.3. The molecule has 1 aliphatic rings. The highest BCUT2D eigenvalue weighted by atomic mass is 35.5. The Morgan fingerprint density at radius 3 is 2.46 bits per heavy atom. The van der Waals surface area contributed by atoms with Crippen molar-refractivity contribution in [2.75, 3.05) is 24.6 Å². The fourth-order valence-electron chi connectivity index (χ4n) is 3.96. The van der Waals surface area contributed by atoms with Crippen LogP contribution in [0.5, 0.6) is 11.5 Å². The summed E-state index contributed by atoms with van der Waals surface area (Å²) >= 11 is 6.46. The van der Waals surface area contributed by atoms with E-state index in [4.69, 9.17) is 21.1 Å². The van der Waals surface area contributed by atoms with E-state index in [9.17, 15) is 14.9 Å². The molecule has 0 aromatic heterocycles. The van der Waals surface area contributed by atoms with Crippen molar-refractivity contribution in [3.05, 3.63) is 92.5 Å². The highest BCUT2D eigenvalue weighted by Crippen LogP contribution is 2.37. The number of rotatable bonds is 10. The van der Waals surface area contributed by atoms with Crippen molar-refractivity contribution >= 4 is 35.1 Å². The van der Waals surface area contributed by atoms with Crippen molar-refractivity contribution in [1.29, 1.82) is 0 Å². The third kappa shape index (κ3) is 6.77. The van der Waals surface area contributed by atoms with Gasteiger partial charge in [-0.05, 0) is 79.4 Å². The van der Waals surface area contributed by atoms with Gasteiger partial charge in [-0.15, -0.1) is 0 Å². The Morgan fingerprint density at radius 1 is 1.11 bits per heavy atom. The quantitative estimate of drug-likeness (QED) is 0.211. The molecule has 0 atom stereocenters. The van der Waals surface area contributed by atoms with E-state index < -0.39 is 4.92 Å². The summed E-state index contributed by atoms with van der Waals surface area (Å²) in [6.45, 7) is 4.46. The number of nitrogens with one attached hydrogen (secondary N) is 1. The summed E-state index contributed by atoms with van der Waals surface area (Å²) < 4.78 is 11.6.